The molecule has 1 N–H and O–H groups in total. The van der Waals surface area contributed by atoms with Gasteiger partial charge in [0.1, 0.15) is 17.0 Å². The van der Waals surface area contributed by atoms with Crippen LogP contribution in [0.5, 0.6) is 0 Å². The first kappa shape index (κ1) is 19.2. The van der Waals surface area contributed by atoms with Gasteiger partial charge in [0.25, 0.3) is 5.91 Å². The van der Waals surface area contributed by atoms with Gasteiger partial charge in [0.2, 0.25) is 0 Å². The molecular formula is C16H21Cl2N3O2S. The number of carbonyl (C=O) groups excluding carboxylic acids is 1. The first-order valence-corrected chi connectivity index (χ1v) is 8.62. The third kappa shape index (κ3) is 3.61. The Morgan fingerprint density at radius 2 is 2.08 bits per heavy atom. The van der Waals surface area contributed by atoms with Crippen LogP contribution in [0.15, 0.2) is 28.4 Å². The molecule has 0 unspecified atom stereocenters. The Morgan fingerprint density at radius 3 is 2.71 bits per heavy atom. The zero-order chi connectivity index (χ0) is 15.0. The van der Waals surface area contributed by atoms with E-state index in [1.165, 1.54) is 17.8 Å². The van der Waals surface area contributed by atoms with Crippen LogP contribution < -0.4 is 5.32 Å². The van der Waals surface area contributed by atoms with Gasteiger partial charge >= 0.3 is 0 Å². The topological polar surface area (TPSA) is 58.4 Å². The summed E-state index contributed by atoms with van der Waals surface area (Å²) in [6, 6.07) is 1.87. The van der Waals surface area contributed by atoms with Crippen molar-refractivity contribution in [3.63, 3.8) is 0 Å². The molecular weight excluding hydrogens is 369 g/mol. The Morgan fingerprint density at radius 1 is 1.29 bits per heavy atom. The van der Waals surface area contributed by atoms with E-state index in [0.29, 0.717) is 11.1 Å². The van der Waals surface area contributed by atoms with Crippen LogP contribution in [0, 0.1) is 5.41 Å². The molecule has 2 aromatic rings. The van der Waals surface area contributed by atoms with Gasteiger partial charge in [-0.3, -0.25) is 4.79 Å². The summed E-state index contributed by atoms with van der Waals surface area (Å²) < 4.78 is 5.07. The minimum absolute atomic E-state index is 0. The van der Waals surface area contributed by atoms with E-state index >= 15 is 0 Å². The molecule has 2 fully saturated rings. The van der Waals surface area contributed by atoms with E-state index in [1.54, 1.807) is 12.5 Å². The molecule has 132 valence electrons. The van der Waals surface area contributed by atoms with Crippen molar-refractivity contribution in [3.8, 4) is 10.6 Å². The Balaban J connectivity index is 0.00000104. The molecule has 0 aromatic carbocycles. The number of amides is 1. The number of thiazole rings is 1. The van der Waals surface area contributed by atoms with Gasteiger partial charge < -0.3 is 14.6 Å². The number of furan rings is 1. The molecule has 4 heterocycles. The van der Waals surface area contributed by atoms with E-state index in [4.69, 9.17) is 4.42 Å². The molecule has 0 atom stereocenters. The number of carbonyl (C=O) groups is 1. The lowest BCUT2D eigenvalue weighted by Crippen LogP contribution is -2.44. The van der Waals surface area contributed by atoms with Crippen LogP contribution in [0.2, 0.25) is 0 Å². The summed E-state index contributed by atoms with van der Waals surface area (Å²) in [4.78, 5) is 19.0. The van der Waals surface area contributed by atoms with Gasteiger partial charge in [0.15, 0.2) is 0 Å². The maximum Gasteiger partial charge on any atom is 0.273 e. The molecule has 8 heteroatoms. The molecule has 1 amide bonds. The third-order valence-corrected chi connectivity index (χ3v) is 5.83. The zero-order valence-electron chi connectivity index (χ0n) is 13.2. The summed E-state index contributed by atoms with van der Waals surface area (Å²) in [5.74, 6) is 0.0619. The molecule has 2 aliphatic rings. The first-order valence-electron chi connectivity index (χ1n) is 7.74. The summed E-state index contributed by atoms with van der Waals surface area (Å²) in [6.07, 6.45) is 6.73. The highest BCUT2D eigenvalue weighted by Gasteiger charge is 2.38. The number of hydrogen-bond donors (Lipinski definition) is 1. The lowest BCUT2D eigenvalue weighted by atomic mass is 9.78. The number of hydrogen-bond acceptors (Lipinski definition) is 5. The average molecular weight is 390 g/mol. The van der Waals surface area contributed by atoms with Gasteiger partial charge in [0, 0.05) is 30.6 Å². The number of piperidine rings is 1. The number of halogens is 2. The number of aromatic nitrogens is 1. The van der Waals surface area contributed by atoms with Crippen LogP contribution in [-0.4, -0.2) is 42.0 Å². The predicted molar refractivity (Wildman–Crippen MR) is 99.4 cm³/mol. The van der Waals surface area contributed by atoms with Gasteiger partial charge in [-0.05, 0) is 37.3 Å². The maximum atomic E-state index is 12.6. The molecule has 24 heavy (non-hydrogen) atoms. The van der Waals surface area contributed by atoms with Crippen LogP contribution in [-0.2, 0) is 0 Å². The molecule has 0 bridgehead atoms. The molecule has 2 aromatic heterocycles. The molecule has 0 radical (unpaired) electrons. The van der Waals surface area contributed by atoms with Gasteiger partial charge in [0.05, 0.1) is 6.26 Å². The Kier molecular flexibility index (Phi) is 6.31. The van der Waals surface area contributed by atoms with Crippen molar-refractivity contribution in [2.75, 3.05) is 26.2 Å². The summed E-state index contributed by atoms with van der Waals surface area (Å²) in [7, 11) is 0. The zero-order valence-corrected chi connectivity index (χ0v) is 15.6. The smallest absolute Gasteiger partial charge is 0.273 e. The lowest BCUT2D eigenvalue weighted by molar-refractivity contribution is 0.0603. The van der Waals surface area contributed by atoms with Gasteiger partial charge in [-0.2, -0.15) is 0 Å². The van der Waals surface area contributed by atoms with Gasteiger partial charge in [-0.1, -0.05) is 0 Å². The molecule has 2 aliphatic heterocycles. The predicted octanol–water partition coefficient (Wildman–Crippen LogP) is 3.46. The summed E-state index contributed by atoms with van der Waals surface area (Å²) in [5, 5.41) is 6.15. The van der Waals surface area contributed by atoms with Gasteiger partial charge in [-0.15, -0.1) is 36.2 Å². The van der Waals surface area contributed by atoms with Crippen molar-refractivity contribution >= 4 is 42.1 Å². The number of nitrogens with one attached hydrogen (secondary N) is 1. The number of rotatable bonds is 2. The average Bonchev–Trinajstić information content (AvgIpc) is 3.29. The molecule has 2 saturated heterocycles. The first-order chi connectivity index (χ1) is 10.8. The quantitative estimate of drug-likeness (QED) is 0.853. The lowest BCUT2D eigenvalue weighted by Gasteiger charge is -2.38. The van der Waals surface area contributed by atoms with E-state index in [-0.39, 0.29) is 30.7 Å². The van der Waals surface area contributed by atoms with Crippen molar-refractivity contribution in [1.82, 2.24) is 15.2 Å². The molecule has 0 saturated carbocycles. The van der Waals surface area contributed by atoms with E-state index in [9.17, 15) is 4.79 Å². The van der Waals surface area contributed by atoms with Crippen molar-refractivity contribution < 1.29 is 9.21 Å². The highest BCUT2D eigenvalue weighted by Crippen LogP contribution is 2.37. The van der Waals surface area contributed by atoms with Gasteiger partial charge in [-0.25, -0.2) is 4.98 Å². The fourth-order valence-corrected chi connectivity index (χ4v) is 4.24. The summed E-state index contributed by atoms with van der Waals surface area (Å²) in [6.45, 7) is 3.92. The highest BCUT2D eigenvalue weighted by molar-refractivity contribution is 7.13. The Hall–Kier alpha value is -1.08. The molecule has 1 spiro atoms. The van der Waals surface area contributed by atoms with Crippen LogP contribution in [0.4, 0.5) is 0 Å². The van der Waals surface area contributed by atoms with E-state index in [0.717, 1.165) is 49.6 Å². The number of nitrogens with zero attached hydrogens (tertiary/aromatic N) is 2. The van der Waals surface area contributed by atoms with E-state index < -0.39 is 0 Å². The fourth-order valence-electron chi connectivity index (χ4n) is 3.46. The minimum atomic E-state index is 0. The van der Waals surface area contributed by atoms with Crippen molar-refractivity contribution in [1.29, 1.82) is 0 Å². The monoisotopic (exact) mass is 389 g/mol. The summed E-state index contributed by atoms with van der Waals surface area (Å²) >= 11 is 1.49. The fraction of sp³-hybridized carbons (Fsp3) is 0.500. The Labute approximate surface area is 157 Å². The van der Waals surface area contributed by atoms with Crippen LogP contribution in [0.1, 0.15) is 29.8 Å². The van der Waals surface area contributed by atoms with E-state index in [1.807, 2.05) is 16.3 Å². The second-order valence-electron chi connectivity index (χ2n) is 6.27. The van der Waals surface area contributed by atoms with Crippen LogP contribution >= 0.6 is 36.2 Å². The molecule has 5 nitrogen and oxygen atoms in total. The van der Waals surface area contributed by atoms with E-state index in [2.05, 4.69) is 10.3 Å². The standard InChI is InChI=1S/C16H19N3O2S.2ClH/c20-15(13-10-22-14(18-13)12-1-8-21-9-12)19-6-3-16(4-7-19)2-5-17-11-16;;/h1,8-10,17H,2-7,11H2;2*1H. The second kappa shape index (κ2) is 7.87. The molecule has 0 aliphatic carbocycles. The van der Waals surface area contributed by atoms with Crippen molar-refractivity contribution in [2.24, 2.45) is 5.41 Å². The SMILES string of the molecule is Cl.Cl.O=C(c1csc(-c2ccoc2)n1)N1CCC2(CCNC2)CC1. The largest absolute Gasteiger partial charge is 0.472 e. The second-order valence-corrected chi connectivity index (χ2v) is 7.13. The highest BCUT2D eigenvalue weighted by atomic mass is 35.5. The number of likely N-dealkylation sites (tertiary alicyclic amines) is 1. The maximum absolute atomic E-state index is 12.6. The van der Waals surface area contributed by atoms with Crippen molar-refractivity contribution in [3.05, 3.63) is 29.7 Å². The van der Waals surface area contributed by atoms with Crippen LogP contribution in [0.25, 0.3) is 10.6 Å². The third-order valence-electron chi connectivity index (χ3n) is 4.93. The Bertz CT molecular complexity index is 659. The summed E-state index contributed by atoms with van der Waals surface area (Å²) in [5.41, 5.74) is 1.92. The van der Waals surface area contributed by atoms with Crippen LogP contribution in [0.3, 0.4) is 0 Å². The minimum Gasteiger partial charge on any atom is -0.472 e. The molecule has 4 rings (SSSR count). The normalized spacial score (nSPS) is 18.9. The van der Waals surface area contributed by atoms with Crippen molar-refractivity contribution in [2.45, 2.75) is 19.3 Å².